The van der Waals surface area contributed by atoms with E-state index in [1.165, 1.54) is 5.56 Å². The molecular formula is C10H13BrO. The van der Waals surface area contributed by atoms with Gasteiger partial charge in [-0.1, -0.05) is 54.0 Å². The Kier molecular flexibility index (Phi) is 3.29. The predicted molar refractivity (Wildman–Crippen MR) is 54.4 cm³/mol. The van der Waals surface area contributed by atoms with E-state index in [1.54, 1.807) is 0 Å². The molecule has 66 valence electrons. The molecule has 0 bridgehead atoms. The Labute approximate surface area is 81.6 Å². The van der Waals surface area contributed by atoms with Crippen molar-refractivity contribution in [2.45, 2.75) is 24.8 Å². The zero-order valence-electron chi connectivity index (χ0n) is 7.29. The van der Waals surface area contributed by atoms with Gasteiger partial charge in [0, 0.05) is 0 Å². The van der Waals surface area contributed by atoms with Crippen molar-refractivity contribution in [3.8, 4) is 0 Å². The van der Waals surface area contributed by atoms with Gasteiger partial charge in [-0.3, -0.25) is 0 Å². The van der Waals surface area contributed by atoms with E-state index in [4.69, 9.17) is 5.11 Å². The topological polar surface area (TPSA) is 20.2 Å². The fraction of sp³-hybridized carbons (Fsp3) is 0.400. The second-order valence-electron chi connectivity index (χ2n) is 3.16. The molecule has 1 N–H and O–H groups in total. The zero-order valence-corrected chi connectivity index (χ0v) is 8.88. The van der Waals surface area contributed by atoms with Crippen molar-refractivity contribution in [1.29, 1.82) is 0 Å². The number of hydrogen-bond donors (Lipinski definition) is 1. The smallest absolute Gasteiger partial charge is 0.134 e. The van der Waals surface area contributed by atoms with Crippen LogP contribution in [-0.4, -0.2) is 5.11 Å². The summed E-state index contributed by atoms with van der Waals surface area (Å²) in [4.78, 5) is 0. The van der Waals surface area contributed by atoms with Crippen LogP contribution in [0.3, 0.4) is 0 Å². The lowest BCUT2D eigenvalue weighted by atomic mass is 10.0. The Bertz CT molecular complexity index is 212. The summed E-state index contributed by atoms with van der Waals surface area (Å²) in [6, 6.07) is 7.97. The molecule has 0 aliphatic heterocycles. The zero-order chi connectivity index (χ0) is 9.14. The third kappa shape index (κ3) is 2.32. The molecular weight excluding hydrogens is 216 g/mol. The predicted octanol–water partition coefficient (Wildman–Crippen LogP) is 3.20. The van der Waals surface area contributed by atoms with E-state index < -0.39 is 5.01 Å². The molecule has 0 radical (unpaired) electrons. The number of rotatable bonds is 2. The van der Waals surface area contributed by atoms with Gasteiger partial charge in [0.15, 0.2) is 0 Å². The van der Waals surface area contributed by atoms with E-state index in [-0.39, 0.29) is 0 Å². The molecule has 0 aliphatic rings. The average molecular weight is 229 g/mol. The molecule has 0 aliphatic carbocycles. The maximum atomic E-state index is 9.17. The molecule has 1 unspecified atom stereocenters. The number of hydrogen-bond acceptors (Lipinski definition) is 1. The molecule has 0 saturated heterocycles. The van der Waals surface area contributed by atoms with Crippen LogP contribution in [0.25, 0.3) is 0 Å². The van der Waals surface area contributed by atoms with Crippen molar-refractivity contribution < 1.29 is 5.11 Å². The first-order valence-electron chi connectivity index (χ1n) is 4.03. The maximum absolute atomic E-state index is 9.17. The summed E-state index contributed by atoms with van der Waals surface area (Å²) in [5, 5.41) is 8.63. The van der Waals surface area contributed by atoms with Crippen LogP contribution in [0.2, 0.25) is 0 Å². The summed E-state index contributed by atoms with van der Waals surface area (Å²) in [5.41, 5.74) is 2.20. The summed E-state index contributed by atoms with van der Waals surface area (Å²) in [6.45, 7) is 4.30. The van der Waals surface area contributed by atoms with Gasteiger partial charge in [-0.2, -0.15) is 0 Å². The third-order valence-corrected chi connectivity index (χ3v) is 2.41. The Morgan fingerprint density at radius 2 is 1.50 bits per heavy atom. The molecule has 1 atom stereocenters. The molecule has 0 aromatic heterocycles. The summed E-state index contributed by atoms with van der Waals surface area (Å²) in [5.74, 6) is 0.548. The maximum Gasteiger partial charge on any atom is 0.134 e. The van der Waals surface area contributed by atoms with E-state index in [9.17, 15) is 0 Å². The van der Waals surface area contributed by atoms with Crippen molar-refractivity contribution in [2.24, 2.45) is 0 Å². The molecule has 0 fully saturated rings. The summed E-state index contributed by atoms with van der Waals surface area (Å²) in [7, 11) is 0. The molecule has 0 amide bonds. The van der Waals surface area contributed by atoms with Crippen molar-refractivity contribution in [3.63, 3.8) is 0 Å². The second kappa shape index (κ2) is 4.06. The summed E-state index contributed by atoms with van der Waals surface area (Å²) < 4.78 is 0. The molecule has 0 saturated carbocycles. The largest absolute Gasteiger partial charge is 0.377 e. The third-order valence-electron chi connectivity index (χ3n) is 1.88. The van der Waals surface area contributed by atoms with Crippen LogP contribution in [0.5, 0.6) is 0 Å². The number of aliphatic hydroxyl groups excluding tert-OH is 1. The van der Waals surface area contributed by atoms with Crippen molar-refractivity contribution >= 4 is 15.9 Å². The lowest BCUT2D eigenvalue weighted by Gasteiger charge is -2.07. The standard InChI is InChI=1S/C10H13BrO/c1-7(2)8-3-5-9(6-4-8)10(11)12/h3-7,10,12H,1-2H3. The van der Waals surface area contributed by atoms with Crippen molar-refractivity contribution in [2.75, 3.05) is 0 Å². The van der Waals surface area contributed by atoms with Gasteiger partial charge in [-0.25, -0.2) is 0 Å². The molecule has 12 heavy (non-hydrogen) atoms. The monoisotopic (exact) mass is 228 g/mol. The summed E-state index contributed by atoms with van der Waals surface area (Å²) in [6.07, 6.45) is 0. The first-order valence-corrected chi connectivity index (χ1v) is 4.95. The van der Waals surface area contributed by atoms with E-state index in [2.05, 4.69) is 29.8 Å². The van der Waals surface area contributed by atoms with Crippen LogP contribution in [0, 0.1) is 0 Å². The highest BCUT2D eigenvalue weighted by Crippen LogP contribution is 2.21. The van der Waals surface area contributed by atoms with Crippen molar-refractivity contribution in [1.82, 2.24) is 0 Å². The SMILES string of the molecule is CC(C)c1ccc(C(O)Br)cc1. The normalized spacial score (nSPS) is 13.4. The van der Waals surface area contributed by atoms with Crippen LogP contribution >= 0.6 is 15.9 Å². The van der Waals surface area contributed by atoms with Gasteiger partial charge in [-0.05, 0) is 17.0 Å². The lowest BCUT2D eigenvalue weighted by molar-refractivity contribution is 0.277. The highest BCUT2D eigenvalue weighted by molar-refractivity contribution is 9.09. The molecule has 1 aromatic rings. The van der Waals surface area contributed by atoms with Crippen molar-refractivity contribution in [3.05, 3.63) is 35.4 Å². The van der Waals surface area contributed by atoms with E-state index in [0.717, 1.165) is 5.56 Å². The number of aliphatic hydroxyl groups is 1. The fourth-order valence-corrected chi connectivity index (χ4v) is 1.34. The highest BCUT2D eigenvalue weighted by Gasteiger charge is 2.02. The molecule has 1 rings (SSSR count). The van der Waals surface area contributed by atoms with Crippen LogP contribution in [0.4, 0.5) is 0 Å². The Balaban J connectivity index is 2.86. The average Bonchev–Trinajstić information content (AvgIpc) is 2.04. The molecule has 0 spiro atoms. The molecule has 0 heterocycles. The van der Waals surface area contributed by atoms with E-state index in [1.807, 2.05) is 24.3 Å². The number of benzene rings is 1. The van der Waals surface area contributed by atoms with E-state index in [0.29, 0.717) is 5.92 Å². The molecule has 1 nitrogen and oxygen atoms in total. The van der Waals surface area contributed by atoms with Gasteiger partial charge in [-0.15, -0.1) is 0 Å². The van der Waals surface area contributed by atoms with Crippen LogP contribution in [0.15, 0.2) is 24.3 Å². The minimum absolute atomic E-state index is 0.543. The van der Waals surface area contributed by atoms with Crippen LogP contribution in [0.1, 0.15) is 35.9 Å². The second-order valence-corrected chi connectivity index (χ2v) is 4.02. The fourth-order valence-electron chi connectivity index (χ4n) is 1.04. The first kappa shape index (κ1) is 9.75. The minimum atomic E-state index is -0.543. The van der Waals surface area contributed by atoms with Gasteiger partial charge in [0.05, 0.1) is 0 Å². The van der Waals surface area contributed by atoms with Gasteiger partial charge in [0.1, 0.15) is 5.01 Å². The molecule has 2 heteroatoms. The van der Waals surface area contributed by atoms with E-state index >= 15 is 0 Å². The van der Waals surface area contributed by atoms with Crippen LogP contribution < -0.4 is 0 Å². The molecule has 1 aromatic carbocycles. The lowest BCUT2D eigenvalue weighted by Crippen LogP contribution is -1.90. The number of alkyl halides is 1. The Morgan fingerprint density at radius 1 is 1.08 bits per heavy atom. The highest BCUT2D eigenvalue weighted by atomic mass is 79.9. The Hall–Kier alpha value is -0.340. The van der Waals surface area contributed by atoms with Gasteiger partial charge < -0.3 is 5.11 Å². The first-order chi connectivity index (χ1) is 5.61. The van der Waals surface area contributed by atoms with Crippen LogP contribution in [-0.2, 0) is 0 Å². The van der Waals surface area contributed by atoms with Gasteiger partial charge in [0.25, 0.3) is 0 Å². The Morgan fingerprint density at radius 3 is 1.83 bits per heavy atom. The number of halogens is 1. The van der Waals surface area contributed by atoms with Gasteiger partial charge in [0.2, 0.25) is 0 Å². The van der Waals surface area contributed by atoms with Gasteiger partial charge >= 0.3 is 0 Å². The minimum Gasteiger partial charge on any atom is -0.377 e. The quantitative estimate of drug-likeness (QED) is 0.772. The summed E-state index contributed by atoms with van der Waals surface area (Å²) >= 11 is 3.10.